The Morgan fingerprint density at radius 2 is 2.11 bits per heavy atom. The first-order valence-electron chi connectivity index (χ1n) is 9.66. The molecule has 0 unspecified atom stereocenters. The minimum absolute atomic E-state index is 0.0873. The summed E-state index contributed by atoms with van der Waals surface area (Å²) < 4.78 is 2.68. The van der Waals surface area contributed by atoms with Crippen molar-refractivity contribution in [1.29, 1.82) is 0 Å². The summed E-state index contributed by atoms with van der Waals surface area (Å²) >= 11 is 3.31. The van der Waals surface area contributed by atoms with Crippen LogP contribution in [-0.4, -0.2) is 37.6 Å². The van der Waals surface area contributed by atoms with Gasteiger partial charge in [0.2, 0.25) is 4.96 Å². The normalized spacial score (nSPS) is 18.2. The lowest BCUT2D eigenvalue weighted by Gasteiger charge is -2.31. The van der Waals surface area contributed by atoms with E-state index in [-0.39, 0.29) is 5.56 Å². The number of para-hydroxylation sites is 1. The molecule has 5 rings (SSSR count). The molecule has 0 spiro atoms. The van der Waals surface area contributed by atoms with E-state index >= 15 is 0 Å². The number of hydrogen-bond acceptors (Lipinski definition) is 7. The van der Waals surface area contributed by atoms with E-state index in [1.54, 1.807) is 6.07 Å². The molecule has 4 heterocycles. The zero-order chi connectivity index (χ0) is 19.1. The highest BCUT2D eigenvalue weighted by Gasteiger charge is 2.24. The molecule has 1 aliphatic rings. The number of piperidine rings is 1. The molecule has 0 amide bonds. The molecule has 3 aromatic heterocycles. The molecular weight excluding hydrogens is 390 g/mol. The lowest BCUT2D eigenvalue weighted by Crippen LogP contribution is -2.34. The highest BCUT2D eigenvalue weighted by molar-refractivity contribution is 7.18. The van der Waals surface area contributed by atoms with Gasteiger partial charge in [-0.2, -0.15) is 9.61 Å². The van der Waals surface area contributed by atoms with Crippen molar-refractivity contribution in [3.63, 3.8) is 0 Å². The Morgan fingerprint density at radius 3 is 2.96 bits per heavy atom. The highest BCUT2D eigenvalue weighted by Crippen LogP contribution is 2.33. The fourth-order valence-electron chi connectivity index (χ4n) is 3.81. The minimum Gasteiger partial charge on any atom is -0.297 e. The van der Waals surface area contributed by atoms with Crippen LogP contribution in [0.2, 0.25) is 0 Å². The third-order valence-corrected chi connectivity index (χ3v) is 7.44. The van der Waals surface area contributed by atoms with Gasteiger partial charge in [-0.15, -0.1) is 11.3 Å². The summed E-state index contributed by atoms with van der Waals surface area (Å²) in [5, 5.41) is 6.50. The zero-order valence-corrected chi connectivity index (χ0v) is 17.3. The number of fused-ring (bicyclic) bond motifs is 2. The summed E-state index contributed by atoms with van der Waals surface area (Å²) in [6.07, 6.45) is 3.13. The molecule has 0 N–H and O–H groups in total. The van der Waals surface area contributed by atoms with Crippen LogP contribution < -0.4 is 5.56 Å². The molecule has 8 heteroatoms. The largest absolute Gasteiger partial charge is 0.297 e. The topological polar surface area (TPSA) is 63.4 Å². The Labute approximate surface area is 170 Å². The average Bonchev–Trinajstić information content (AvgIpc) is 3.32. The highest BCUT2D eigenvalue weighted by atomic mass is 32.1. The van der Waals surface area contributed by atoms with E-state index in [1.807, 2.05) is 24.3 Å². The van der Waals surface area contributed by atoms with Crippen molar-refractivity contribution in [1.82, 2.24) is 24.5 Å². The monoisotopic (exact) mass is 411 g/mol. The molecule has 1 fully saturated rings. The summed E-state index contributed by atoms with van der Waals surface area (Å²) in [4.78, 5) is 25.0. The summed E-state index contributed by atoms with van der Waals surface area (Å²) in [6.45, 7) is 4.74. The molecule has 6 nitrogen and oxygen atoms in total. The Bertz CT molecular complexity index is 1160. The summed E-state index contributed by atoms with van der Waals surface area (Å²) in [5.41, 5.74) is 1.84. The molecule has 1 atom stereocenters. The Hall–Kier alpha value is -2.16. The van der Waals surface area contributed by atoms with E-state index in [0.717, 1.165) is 42.1 Å². The van der Waals surface area contributed by atoms with Gasteiger partial charge in [-0.05, 0) is 37.9 Å². The van der Waals surface area contributed by atoms with E-state index in [0.29, 0.717) is 17.4 Å². The van der Waals surface area contributed by atoms with Crippen molar-refractivity contribution in [2.45, 2.75) is 38.6 Å². The SMILES string of the molecule is CCc1nn2c(=O)cc(CN3CCC[C@H](c4nc5ccccc5s4)C3)nc2s1. The van der Waals surface area contributed by atoms with Crippen molar-refractivity contribution >= 4 is 37.9 Å². The van der Waals surface area contributed by atoms with Crippen molar-refractivity contribution in [3.8, 4) is 0 Å². The molecule has 0 radical (unpaired) electrons. The third kappa shape index (κ3) is 3.36. The Kier molecular flexibility index (Phi) is 4.70. The van der Waals surface area contributed by atoms with E-state index < -0.39 is 0 Å². The first kappa shape index (κ1) is 17.9. The standard InChI is InChI=1S/C20H21N5OS2/c1-2-17-23-25-18(26)10-14(21-20(25)28-17)12-24-9-5-6-13(11-24)19-22-15-7-3-4-8-16(15)27-19/h3-4,7-8,10,13H,2,5-6,9,11-12H2,1H3/t13-/m0/s1. The zero-order valence-electron chi connectivity index (χ0n) is 15.7. The maximum Gasteiger partial charge on any atom is 0.275 e. The van der Waals surface area contributed by atoms with Crippen molar-refractivity contribution in [2.75, 3.05) is 13.1 Å². The van der Waals surface area contributed by atoms with Gasteiger partial charge in [-0.25, -0.2) is 9.97 Å². The molecule has 1 aromatic carbocycles. The molecule has 4 aromatic rings. The summed E-state index contributed by atoms with van der Waals surface area (Å²) in [7, 11) is 0. The van der Waals surface area contributed by atoms with Crippen molar-refractivity contribution in [2.24, 2.45) is 0 Å². The van der Waals surface area contributed by atoms with E-state index in [9.17, 15) is 4.79 Å². The lowest BCUT2D eigenvalue weighted by atomic mass is 9.98. The number of aryl methyl sites for hydroxylation is 1. The molecule has 1 saturated heterocycles. The van der Waals surface area contributed by atoms with Crippen LogP contribution in [-0.2, 0) is 13.0 Å². The van der Waals surface area contributed by atoms with Gasteiger partial charge in [-0.1, -0.05) is 30.4 Å². The first-order chi connectivity index (χ1) is 13.7. The number of benzene rings is 1. The smallest absolute Gasteiger partial charge is 0.275 e. The quantitative estimate of drug-likeness (QED) is 0.512. The molecule has 0 saturated carbocycles. The van der Waals surface area contributed by atoms with Crippen molar-refractivity contribution < 1.29 is 0 Å². The molecule has 28 heavy (non-hydrogen) atoms. The van der Waals surface area contributed by atoms with Crippen LogP contribution >= 0.6 is 22.7 Å². The van der Waals surface area contributed by atoms with E-state index in [1.165, 1.54) is 32.0 Å². The molecule has 144 valence electrons. The number of thiazole rings is 1. The van der Waals surface area contributed by atoms with Crippen LogP contribution in [0.15, 0.2) is 35.1 Å². The van der Waals surface area contributed by atoms with Gasteiger partial charge in [0.15, 0.2) is 0 Å². The number of rotatable bonds is 4. The van der Waals surface area contributed by atoms with Gasteiger partial charge >= 0.3 is 0 Å². The predicted octanol–water partition coefficient (Wildman–Crippen LogP) is 3.70. The fourth-order valence-corrected chi connectivity index (χ4v) is 5.77. The minimum atomic E-state index is -0.0873. The number of aromatic nitrogens is 4. The predicted molar refractivity (Wildman–Crippen MR) is 113 cm³/mol. The maximum absolute atomic E-state index is 12.4. The second-order valence-electron chi connectivity index (χ2n) is 7.22. The van der Waals surface area contributed by atoms with Crippen LogP contribution in [0, 0.1) is 0 Å². The third-order valence-electron chi connectivity index (χ3n) is 5.19. The van der Waals surface area contributed by atoms with Crippen LogP contribution in [0.25, 0.3) is 15.2 Å². The lowest BCUT2D eigenvalue weighted by molar-refractivity contribution is 0.198. The van der Waals surface area contributed by atoms with E-state index in [2.05, 4.69) is 28.2 Å². The van der Waals surface area contributed by atoms with E-state index in [4.69, 9.17) is 9.97 Å². The van der Waals surface area contributed by atoms with Gasteiger partial charge in [0.25, 0.3) is 5.56 Å². The number of likely N-dealkylation sites (tertiary alicyclic amines) is 1. The van der Waals surface area contributed by atoms with Gasteiger partial charge in [-0.3, -0.25) is 9.69 Å². The van der Waals surface area contributed by atoms with Crippen LogP contribution in [0.4, 0.5) is 0 Å². The Balaban J connectivity index is 1.36. The molecular formula is C20H21N5OS2. The van der Waals surface area contributed by atoms with Crippen LogP contribution in [0.3, 0.4) is 0 Å². The van der Waals surface area contributed by atoms with Gasteiger partial charge in [0, 0.05) is 25.1 Å². The summed E-state index contributed by atoms with van der Waals surface area (Å²) in [5.74, 6) is 0.450. The Morgan fingerprint density at radius 1 is 1.21 bits per heavy atom. The molecule has 0 bridgehead atoms. The molecule has 1 aliphatic heterocycles. The second kappa shape index (κ2) is 7.35. The summed E-state index contributed by atoms with van der Waals surface area (Å²) in [6, 6.07) is 9.98. The van der Waals surface area contributed by atoms with Gasteiger partial charge in [0.05, 0.1) is 20.9 Å². The average molecular weight is 412 g/mol. The number of nitrogens with zero attached hydrogens (tertiary/aromatic N) is 5. The van der Waals surface area contributed by atoms with Gasteiger partial charge in [0.1, 0.15) is 5.01 Å². The van der Waals surface area contributed by atoms with Gasteiger partial charge < -0.3 is 0 Å². The number of hydrogen-bond donors (Lipinski definition) is 0. The van der Waals surface area contributed by atoms with Crippen LogP contribution in [0.1, 0.15) is 41.4 Å². The second-order valence-corrected chi connectivity index (χ2v) is 9.33. The fraction of sp³-hybridized carbons (Fsp3) is 0.400. The van der Waals surface area contributed by atoms with Crippen LogP contribution in [0.5, 0.6) is 0 Å². The molecule has 0 aliphatic carbocycles. The first-order valence-corrected chi connectivity index (χ1v) is 11.3. The maximum atomic E-state index is 12.4. The van der Waals surface area contributed by atoms with Crippen molar-refractivity contribution in [3.05, 3.63) is 56.4 Å².